The Balaban J connectivity index is 1.23. The van der Waals surface area contributed by atoms with Crippen LogP contribution in [0.5, 0.6) is 0 Å². The van der Waals surface area contributed by atoms with Gasteiger partial charge in [0.25, 0.3) is 5.91 Å². The Morgan fingerprint density at radius 3 is 2.46 bits per heavy atom. The van der Waals surface area contributed by atoms with Crippen LogP contribution in [0.15, 0.2) is 66.9 Å². The minimum absolute atomic E-state index is 0.0128. The van der Waals surface area contributed by atoms with Crippen molar-refractivity contribution in [3.8, 4) is 11.3 Å². The fourth-order valence-corrected chi connectivity index (χ4v) is 5.57. The van der Waals surface area contributed by atoms with Gasteiger partial charge in [-0.05, 0) is 42.5 Å². The monoisotopic (exact) mass is 694 g/mol. The van der Waals surface area contributed by atoms with E-state index in [0.29, 0.717) is 16.3 Å². The van der Waals surface area contributed by atoms with Crippen LogP contribution in [0, 0.1) is 17.5 Å². The van der Waals surface area contributed by atoms with E-state index in [0.717, 1.165) is 12.1 Å². The van der Waals surface area contributed by atoms with Crippen LogP contribution in [0.1, 0.15) is 17.9 Å². The molecular formula is C29H23Cl2F3N6O5S. The number of ether oxygens (including phenoxy) is 3. The molecule has 2 aliphatic heterocycles. The van der Waals surface area contributed by atoms with Crippen LogP contribution in [-0.2, 0) is 19.0 Å². The van der Waals surface area contributed by atoms with Crippen molar-refractivity contribution >= 4 is 52.1 Å². The van der Waals surface area contributed by atoms with Gasteiger partial charge in [-0.25, -0.2) is 17.9 Å². The van der Waals surface area contributed by atoms with Gasteiger partial charge >= 0.3 is 0 Å². The number of rotatable bonds is 5. The maximum atomic E-state index is 14.0. The highest BCUT2D eigenvalue weighted by molar-refractivity contribution is 7.80. The van der Waals surface area contributed by atoms with Crippen molar-refractivity contribution in [1.82, 2.24) is 25.8 Å². The number of aromatic nitrogens is 3. The fourth-order valence-electron chi connectivity index (χ4n) is 5.10. The number of fused-ring (bicyclic) bond motifs is 1. The van der Waals surface area contributed by atoms with Crippen LogP contribution >= 0.6 is 35.4 Å². The summed E-state index contributed by atoms with van der Waals surface area (Å²) in [6.45, 7) is -0.0299. The van der Waals surface area contributed by atoms with Gasteiger partial charge in [0, 0.05) is 16.8 Å². The number of carbonyl (C=O) groups excluding carboxylic acids is 1. The molecule has 2 fully saturated rings. The first-order valence-corrected chi connectivity index (χ1v) is 14.8. The van der Waals surface area contributed by atoms with Crippen LogP contribution in [-0.4, -0.2) is 62.1 Å². The van der Waals surface area contributed by atoms with E-state index in [1.54, 1.807) is 36.4 Å². The number of hydrazine groups is 1. The number of aliphatic hydroxyl groups excluding tert-OH is 1. The molecule has 0 aliphatic carbocycles. The van der Waals surface area contributed by atoms with Crippen molar-refractivity contribution in [3.05, 3.63) is 99.9 Å². The molecule has 0 radical (unpaired) electrons. The van der Waals surface area contributed by atoms with Gasteiger partial charge in [0.05, 0.1) is 22.8 Å². The van der Waals surface area contributed by atoms with Gasteiger partial charge in [0.1, 0.15) is 30.0 Å². The smallest absolute Gasteiger partial charge is 0.270 e. The largest absolute Gasteiger partial charge is 0.387 e. The van der Waals surface area contributed by atoms with Crippen LogP contribution in [0.3, 0.4) is 0 Å². The molecule has 6 atom stereocenters. The number of thiocarbonyl (C=S) groups is 1. The molecule has 240 valence electrons. The molecule has 0 saturated carbocycles. The summed E-state index contributed by atoms with van der Waals surface area (Å²) in [6, 6.07) is 14.2. The number of halogens is 5. The summed E-state index contributed by atoms with van der Waals surface area (Å²) in [4.78, 5) is 13.3. The summed E-state index contributed by atoms with van der Waals surface area (Å²) in [5.41, 5.74) is 5.99. The Hall–Kier alpha value is -3.83. The SMILES string of the molecule is O=C(NNC(=S)Nc1ccc(Cl)c(Cl)c1)[C@@H]1O[C@@H]2COC(c3ccccc3)O[C@@H]2[C@H](n2cc(-c3cc(F)c(F)c(F)c3)nn2)[C@H]1O. The van der Waals surface area contributed by atoms with E-state index in [-0.39, 0.29) is 28.0 Å². The predicted molar refractivity (Wildman–Crippen MR) is 163 cm³/mol. The summed E-state index contributed by atoms with van der Waals surface area (Å²) in [6.07, 6.45) is -4.45. The minimum atomic E-state index is -1.63. The van der Waals surface area contributed by atoms with Gasteiger partial charge in [0.2, 0.25) is 0 Å². The molecule has 2 saturated heterocycles. The average Bonchev–Trinajstić information content (AvgIpc) is 3.53. The predicted octanol–water partition coefficient (Wildman–Crippen LogP) is 4.47. The van der Waals surface area contributed by atoms with E-state index in [2.05, 4.69) is 26.5 Å². The van der Waals surface area contributed by atoms with Gasteiger partial charge in [0.15, 0.2) is 35.0 Å². The first-order chi connectivity index (χ1) is 22.1. The Morgan fingerprint density at radius 2 is 1.74 bits per heavy atom. The Bertz CT molecular complexity index is 1750. The van der Waals surface area contributed by atoms with Crippen molar-refractivity contribution in [2.24, 2.45) is 0 Å². The highest BCUT2D eigenvalue weighted by atomic mass is 35.5. The molecule has 4 aromatic rings. The quantitative estimate of drug-likeness (QED) is 0.135. The van der Waals surface area contributed by atoms with E-state index >= 15 is 0 Å². The number of aliphatic hydroxyl groups is 1. The maximum absolute atomic E-state index is 14.0. The standard InChI is InChI=1S/C29H23Cl2F3N6O5S/c30-16-7-6-15(10-17(16)31)35-29(46)38-37-27(42)26-24(41)23(25-21(44-26)12-43-28(45-25)13-4-2-1-3-5-13)40-11-20(36-39-40)14-8-18(32)22(34)19(33)9-14/h1-11,21,23-26,28,41H,12H2,(H,37,42)(H2,35,38,46)/t21-,23-,24-,25+,26-,28?/m1/s1. The first-order valence-electron chi connectivity index (χ1n) is 13.6. The van der Waals surface area contributed by atoms with Crippen molar-refractivity contribution in [2.75, 3.05) is 11.9 Å². The third kappa shape index (κ3) is 6.66. The van der Waals surface area contributed by atoms with Crippen molar-refractivity contribution in [2.45, 2.75) is 36.7 Å². The lowest BCUT2D eigenvalue weighted by atomic mass is 9.91. The molecule has 17 heteroatoms. The highest BCUT2D eigenvalue weighted by Gasteiger charge is 2.53. The molecule has 3 aromatic carbocycles. The van der Waals surface area contributed by atoms with Gasteiger partial charge in [-0.3, -0.25) is 15.6 Å². The van der Waals surface area contributed by atoms with E-state index in [1.807, 2.05) is 6.07 Å². The molecule has 0 bridgehead atoms. The van der Waals surface area contributed by atoms with Gasteiger partial charge in [-0.1, -0.05) is 58.7 Å². The van der Waals surface area contributed by atoms with Crippen LogP contribution in [0.4, 0.5) is 18.9 Å². The summed E-state index contributed by atoms with van der Waals surface area (Å²) in [5, 5.41) is 23.0. The number of hydrogen-bond acceptors (Lipinski definition) is 8. The fraction of sp³-hybridized carbons (Fsp3) is 0.241. The van der Waals surface area contributed by atoms with Gasteiger partial charge < -0.3 is 24.6 Å². The molecule has 46 heavy (non-hydrogen) atoms. The lowest BCUT2D eigenvalue weighted by molar-refractivity contribution is -0.312. The number of benzene rings is 3. The van der Waals surface area contributed by atoms with E-state index in [4.69, 9.17) is 49.6 Å². The van der Waals surface area contributed by atoms with Gasteiger partial charge in [-0.2, -0.15) is 0 Å². The summed E-state index contributed by atoms with van der Waals surface area (Å²) < 4.78 is 60.8. The van der Waals surface area contributed by atoms with E-state index in [9.17, 15) is 23.1 Å². The third-order valence-electron chi connectivity index (χ3n) is 7.28. The number of hydrogen-bond donors (Lipinski definition) is 4. The second-order valence-electron chi connectivity index (χ2n) is 10.3. The number of nitrogens with one attached hydrogen (secondary N) is 3. The van der Waals surface area contributed by atoms with Crippen molar-refractivity contribution < 1.29 is 37.3 Å². The van der Waals surface area contributed by atoms with E-state index in [1.165, 1.54) is 16.9 Å². The zero-order valence-corrected chi connectivity index (χ0v) is 25.6. The lowest BCUT2D eigenvalue weighted by Crippen LogP contribution is -2.63. The number of carbonyl (C=O) groups is 1. The molecule has 4 N–H and O–H groups in total. The molecule has 3 heterocycles. The zero-order valence-electron chi connectivity index (χ0n) is 23.2. The molecular weight excluding hydrogens is 672 g/mol. The minimum Gasteiger partial charge on any atom is -0.387 e. The van der Waals surface area contributed by atoms with Gasteiger partial charge in [-0.15, -0.1) is 5.10 Å². The average molecular weight is 696 g/mol. The van der Waals surface area contributed by atoms with E-state index < -0.39 is 60.1 Å². The second-order valence-corrected chi connectivity index (χ2v) is 11.5. The Morgan fingerprint density at radius 1 is 1.00 bits per heavy atom. The Kier molecular flexibility index (Phi) is 9.42. The number of amides is 1. The molecule has 0 spiro atoms. The summed E-state index contributed by atoms with van der Waals surface area (Å²) in [5.74, 6) is -5.26. The zero-order chi connectivity index (χ0) is 32.5. The Labute approximate surface area is 274 Å². The van der Waals surface area contributed by atoms with Crippen molar-refractivity contribution in [3.63, 3.8) is 0 Å². The van der Waals surface area contributed by atoms with Crippen LogP contribution in [0.25, 0.3) is 11.3 Å². The van der Waals surface area contributed by atoms with Crippen LogP contribution in [0.2, 0.25) is 10.0 Å². The molecule has 11 nitrogen and oxygen atoms in total. The second kappa shape index (κ2) is 13.5. The molecule has 2 aliphatic rings. The number of nitrogens with zero attached hydrogens (tertiary/aromatic N) is 3. The first kappa shape index (κ1) is 32.1. The topological polar surface area (TPSA) is 132 Å². The molecule has 1 amide bonds. The third-order valence-corrected chi connectivity index (χ3v) is 8.22. The molecule has 6 rings (SSSR count). The normalized spacial score (nSPS) is 24.1. The summed E-state index contributed by atoms with van der Waals surface area (Å²) in [7, 11) is 0. The highest BCUT2D eigenvalue weighted by Crippen LogP contribution is 2.39. The van der Waals surface area contributed by atoms with Crippen LogP contribution < -0.4 is 16.2 Å². The number of anilines is 1. The summed E-state index contributed by atoms with van der Waals surface area (Å²) >= 11 is 17.2. The molecule has 1 aromatic heterocycles. The molecule has 1 unspecified atom stereocenters. The maximum Gasteiger partial charge on any atom is 0.270 e. The lowest BCUT2D eigenvalue weighted by Gasteiger charge is -2.47. The van der Waals surface area contributed by atoms with Crippen molar-refractivity contribution in [1.29, 1.82) is 0 Å².